The smallest absolute Gasteiger partial charge is 0.234 e. The number of anilines is 2. The Morgan fingerprint density at radius 3 is 2.64 bits per heavy atom. The summed E-state index contributed by atoms with van der Waals surface area (Å²) in [6.45, 7) is 4.15. The molecule has 1 fully saturated rings. The predicted octanol–water partition coefficient (Wildman–Crippen LogP) is 3.56. The van der Waals surface area contributed by atoms with E-state index in [-0.39, 0.29) is 5.82 Å². The molecule has 33 heavy (non-hydrogen) atoms. The van der Waals surface area contributed by atoms with E-state index in [1.54, 1.807) is 18.4 Å². The molecule has 2 aliphatic heterocycles. The molecule has 1 saturated heterocycles. The van der Waals surface area contributed by atoms with E-state index in [4.69, 9.17) is 9.40 Å². The zero-order valence-electron chi connectivity index (χ0n) is 18.2. The monoisotopic (exact) mass is 465 g/mol. The van der Waals surface area contributed by atoms with Gasteiger partial charge in [0.1, 0.15) is 17.4 Å². The van der Waals surface area contributed by atoms with Crippen LogP contribution in [0.3, 0.4) is 0 Å². The average Bonchev–Trinajstić information content (AvgIpc) is 3.51. The Balaban J connectivity index is 1.35. The lowest BCUT2D eigenvalue weighted by atomic mass is 10.2. The number of hydrogen-bond acceptors (Lipinski definition) is 9. The van der Waals surface area contributed by atoms with Gasteiger partial charge in [-0.2, -0.15) is 15.0 Å². The maximum atomic E-state index is 13.2. The van der Waals surface area contributed by atoms with E-state index in [0.717, 1.165) is 43.1 Å². The molecule has 2 aromatic heterocycles. The van der Waals surface area contributed by atoms with Crippen LogP contribution in [-0.2, 0) is 5.75 Å². The van der Waals surface area contributed by atoms with E-state index in [0.29, 0.717) is 35.2 Å². The number of benzene rings is 1. The number of nitrogens with one attached hydrogen (secondary N) is 1. The van der Waals surface area contributed by atoms with E-state index in [2.05, 4.69) is 37.1 Å². The van der Waals surface area contributed by atoms with Crippen LogP contribution in [0.4, 0.5) is 16.3 Å². The second-order valence-corrected chi connectivity index (χ2v) is 8.86. The second-order valence-electron chi connectivity index (χ2n) is 7.92. The van der Waals surface area contributed by atoms with Crippen LogP contribution in [0.1, 0.15) is 11.3 Å². The van der Waals surface area contributed by atoms with Crippen LogP contribution in [0.15, 0.2) is 63.3 Å². The molecule has 0 unspecified atom stereocenters. The number of piperazine rings is 1. The highest BCUT2D eigenvalue weighted by Crippen LogP contribution is 2.24. The summed E-state index contributed by atoms with van der Waals surface area (Å²) in [5.74, 6) is 2.99. The van der Waals surface area contributed by atoms with E-state index in [1.165, 1.54) is 23.9 Å². The van der Waals surface area contributed by atoms with Crippen molar-refractivity contribution in [2.75, 3.05) is 50.0 Å². The first kappa shape index (κ1) is 21.6. The Morgan fingerprint density at radius 1 is 1.06 bits per heavy atom. The lowest BCUT2D eigenvalue weighted by Gasteiger charge is -2.32. The molecule has 170 valence electrons. The van der Waals surface area contributed by atoms with Crippen LogP contribution in [0.25, 0.3) is 5.57 Å². The number of nitrogens with zero attached hydrogens (tertiary/aromatic N) is 6. The number of likely N-dealkylation sites (N-methyl/N-ethyl adjacent to an activating group) is 1. The maximum Gasteiger partial charge on any atom is 0.234 e. The Bertz CT molecular complexity index is 1160. The molecule has 5 rings (SSSR count). The van der Waals surface area contributed by atoms with Gasteiger partial charge in [0.25, 0.3) is 0 Å². The molecule has 0 saturated carbocycles. The molecule has 4 heterocycles. The van der Waals surface area contributed by atoms with Gasteiger partial charge in [0.2, 0.25) is 11.9 Å². The summed E-state index contributed by atoms with van der Waals surface area (Å²) < 4.78 is 18.7. The summed E-state index contributed by atoms with van der Waals surface area (Å²) >= 11 is 1.50. The fourth-order valence-corrected chi connectivity index (χ4v) is 4.36. The van der Waals surface area contributed by atoms with Crippen molar-refractivity contribution in [1.82, 2.24) is 19.9 Å². The number of amidine groups is 1. The topological polar surface area (TPSA) is 82.7 Å². The minimum absolute atomic E-state index is 0.243. The number of rotatable bonds is 6. The molecular weight excluding hydrogens is 441 g/mol. The highest BCUT2D eigenvalue weighted by molar-refractivity contribution is 7.98. The quantitative estimate of drug-likeness (QED) is 0.554. The Hall–Kier alpha value is -3.24. The van der Waals surface area contributed by atoms with Crippen LogP contribution in [-0.4, -0.2) is 65.5 Å². The molecule has 0 radical (unpaired) electrons. The zero-order chi connectivity index (χ0) is 22.6. The molecule has 0 atom stereocenters. The molecule has 2 aliphatic rings. The molecule has 0 aliphatic carbocycles. The van der Waals surface area contributed by atoms with Crippen LogP contribution < -0.4 is 10.2 Å². The Morgan fingerprint density at radius 2 is 1.88 bits per heavy atom. The minimum Gasteiger partial charge on any atom is -0.465 e. The van der Waals surface area contributed by atoms with Gasteiger partial charge >= 0.3 is 0 Å². The van der Waals surface area contributed by atoms with E-state index >= 15 is 0 Å². The van der Waals surface area contributed by atoms with Crippen LogP contribution in [0.2, 0.25) is 0 Å². The van der Waals surface area contributed by atoms with Gasteiger partial charge in [-0.05, 0) is 43.0 Å². The van der Waals surface area contributed by atoms with Crippen molar-refractivity contribution in [3.05, 3.63) is 65.9 Å². The molecule has 0 spiro atoms. The Labute approximate surface area is 195 Å². The van der Waals surface area contributed by atoms with Crippen molar-refractivity contribution < 1.29 is 8.81 Å². The van der Waals surface area contributed by atoms with Crippen LogP contribution in [0.5, 0.6) is 0 Å². The van der Waals surface area contributed by atoms with Crippen molar-refractivity contribution in [1.29, 1.82) is 0 Å². The molecule has 0 amide bonds. The number of aromatic nitrogens is 3. The van der Waals surface area contributed by atoms with Gasteiger partial charge < -0.3 is 19.5 Å². The van der Waals surface area contributed by atoms with Gasteiger partial charge in [-0.25, -0.2) is 4.39 Å². The zero-order valence-corrected chi connectivity index (χ0v) is 19.1. The first-order valence-electron chi connectivity index (χ1n) is 10.7. The van der Waals surface area contributed by atoms with Crippen molar-refractivity contribution in [3.8, 4) is 0 Å². The minimum atomic E-state index is -0.243. The summed E-state index contributed by atoms with van der Waals surface area (Å²) in [6, 6.07) is 10.3. The van der Waals surface area contributed by atoms with Crippen molar-refractivity contribution in [2.45, 2.75) is 10.9 Å². The molecule has 1 aromatic carbocycles. The van der Waals surface area contributed by atoms with E-state index in [9.17, 15) is 4.39 Å². The lowest BCUT2D eigenvalue weighted by molar-refractivity contribution is 0.311. The third-order valence-electron chi connectivity index (χ3n) is 5.48. The van der Waals surface area contributed by atoms with Crippen LogP contribution >= 0.6 is 11.8 Å². The number of aliphatic imine (C=N–C) groups is 1. The fourth-order valence-electron chi connectivity index (χ4n) is 3.57. The molecule has 8 nitrogen and oxygen atoms in total. The average molecular weight is 466 g/mol. The van der Waals surface area contributed by atoms with Gasteiger partial charge in [0, 0.05) is 37.5 Å². The lowest BCUT2D eigenvalue weighted by Crippen LogP contribution is -2.45. The van der Waals surface area contributed by atoms with E-state index in [1.807, 2.05) is 18.2 Å². The Kier molecular flexibility index (Phi) is 6.36. The summed E-state index contributed by atoms with van der Waals surface area (Å²) in [5, 5.41) is 3.85. The van der Waals surface area contributed by atoms with Crippen molar-refractivity contribution in [3.63, 3.8) is 0 Å². The second kappa shape index (κ2) is 9.72. The number of halogens is 1. The largest absolute Gasteiger partial charge is 0.465 e. The normalized spacial score (nSPS) is 16.6. The molecule has 10 heteroatoms. The third-order valence-corrected chi connectivity index (χ3v) is 6.40. The van der Waals surface area contributed by atoms with E-state index < -0.39 is 0 Å². The first-order chi connectivity index (χ1) is 16.1. The summed E-state index contributed by atoms with van der Waals surface area (Å²) in [5.41, 5.74) is 2.01. The molecule has 3 aromatic rings. The number of hydrogen-bond donors (Lipinski definition) is 1. The van der Waals surface area contributed by atoms with Crippen molar-refractivity contribution in [2.24, 2.45) is 4.99 Å². The summed E-state index contributed by atoms with van der Waals surface area (Å²) in [6.07, 6.45) is 3.60. The summed E-state index contributed by atoms with van der Waals surface area (Å²) in [4.78, 5) is 23.0. The number of furan rings is 1. The third kappa shape index (κ3) is 5.40. The molecule has 1 N–H and O–H groups in total. The molecular formula is C23H24FN7OS. The fraction of sp³-hybridized carbons (Fsp3) is 0.304. The standard InChI is InChI=1S/C23H24FN7OS/c1-30-8-10-31(11-9-30)22-27-21(26-20-13-17(14-25-20)19-3-2-12-32-19)28-23(29-22)33-15-16-4-6-18(24)7-5-16/h2-7,12-13H,8-11,14-15H2,1H3,(H,25,26,27,28,29). The molecule has 0 bridgehead atoms. The highest BCUT2D eigenvalue weighted by Gasteiger charge is 2.20. The van der Waals surface area contributed by atoms with Gasteiger partial charge in [-0.1, -0.05) is 23.9 Å². The van der Waals surface area contributed by atoms with Gasteiger partial charge in [-0.15, -0.1) is 0 Å². The van der Waals surface area contributed by atoms with Crippen molar-refractivity contribution >= 4 is 35.1 Å². The SMILES string of the molecule is CN1CCN(c2nc(NC3=NCC(c4ccco4)=C3)nc(SCc3ccc(F)cc3)n2)CC1. The summed E-state index contributed by atoms with van der Waals surface area (Å²) in [7, 11) is 2.11. The highest BCUT2D eigenvalue weighted by atomic mass is 32.2. The van der Waals surface area contributed by atoms with Gasteiger partial charge in [-0.3, -0.25) is 4.99 Å². The first-order valence-corrected chi connectivity index (χ1v) is 11.7. The maximum absolute atomic E-state index is 13.2. The van der Waals surface area contributed by atoms with Gasteiger partial charge in [0.15, 0.2) is 5.16 Å². The number of thioether (sulfide) groups is 1. The predicted molar refractivity (Wildman–Crippen MR) is 128 cm³/mol. The van der Waals surface area contributed by atoms with Gasteiger partial charge in [0.05, 0.1) is 12.8 Å². The van der Waals surface area contributed by atoms with Crippen LogP contribution in [0, 0.1) is 5.82 Å².